The number of anilines is 3. The lowest BCUT2D eigenvalue weighted by Crippen LogP contribution is -2.37. The maximum atomic E-state index is 13.4. The predicted octanol–water partition coefficient (Wildman–Crippen LogP) is 4.29. The molecule has 0 radical (unpaired) electrons. The molecule has 2 aromatic carbocycles. The Balaban J connectivity index is 1.11. The van der Waals surface area contributed by atoms with Gasteiger partial charge in [-0.15, -0.1) is 0 Å². The number of carbonyl (C=O) groups excluding carboxylic acids is 2. The molecule has 0 saturated carbocycles. The molecule has 1 fully saturated rings. The molecule has 5 aromatic rings. The Morgan fingerprint density at radius 2 is 1.78 bits per heavy atom. The van der Waals surface area contributed by atoms with Gasteiger partial charge >= 0.3 is 0 Å². The van der Waals surface area contributed by atoms with Crippen molar-refractivity contribution in [1.82, 2.24) is 29.7 Å². The van der Waals surface area contributed by atoms with E-state index < -0.39 is 0 Å². The number of aromatic nitrogens is 5. The molecule has 13 nitrogen and oxygen atoms in total. The zero-order valence-corrected chi connectivity index (χ0v) is 27.8. The highest BCUT2D eigenvalue weighted by Gasteiger charge is 2.32. The third-order valence-electron chi connectivity index (χ3n) is 8.87. The van der Waals surface area contributed by atoms with Gasteiger partial charge in [-0.2, -0.15) is 0 Å². The van der Waals surface area contributed by atoms with Crippen molar-refractivity contribution in [3.8, 4) is 28.1 Å². The second-order valence-corrected chi connectivity index (χ2v) is 12.3. The molecule has 2 aliphatic rings. The highest BCUT2D eigenvalue weighted by Crippen LogP contribution is 2.44. The van der Waals surface area contributed by atoms with Gasteiger partial charge in [-0.3, -0.25) is 9.59 Å². The second-order valence-electron chi connectivity index (χ2n) is 12.3. The van der Waals surface area contributed by atoms with Crippen molar-refractivity contribution in [2.24, 2.45) is 0 Å². The van der Waals surface area contributed by atoms with Gasteiger partial charge in [-0.1, -0.05) is 31.2 Å². The van der Waals surface area contributed by atoms with Gasteiger partial charge in [0, 0.05) is 74.1 Å². The highest BCUT2D eigenvalue weighted by atomic mass is 16.5. The zero-order valence-electron chi connectivity index (χ0n) is 27.8. The number of nitrogens with one attached hydrogen (secondary N) is 1. The normalized spacial score (nSPS) is 15.8. The number of rotatable bonds is 9. The van der Waals surface area contributed by atoms with E-state index in [0.717, 1.165) is 46.5 Å². The van der Waals surface area contributed by atoms with Crippen LogP contribution in [0.2, 0.25) is 0 Å². The number of morpholine rings is 1. The maximum Gasteiger partial charge on any atom is 0.271 e. The Bertz CT molecular complexity index is 2000. The number of nitrogens with zero attached hydrogens (tertiary/aromatic N) is 7. The lowest BCUT2D eigenvalue weighted by Gasteiger charge is -2.28. The Kier molecular flexibility index (Phi) is 8.83. The summed E-state index contributed by atoms with van der Waals surface area (Å²) in [6.07, 6.45) is 8.40. The van der Waals surface area contributed by atoms with Crippen molar-refractivity contribution in [2.75, 3.05) is 48.4 Å². The van der Waals surface area contributed by atoms with Crippen LogP contribution in [0.25, 0.3) is 28.0 Å². The molecule has 7 rings (SSSR count). The molecular formula is C36H39N9O4. The lowest BCUT2D eigenvalue weighted by molar-refractivity contribution is -0.116. The van der Waals surface area contributed by atoms with Crippen LogP contribution in [-0.4, -0.2) is 75.1 Å². The number of imidazole rings is 1. The molecule has 1 atom stereocenters. The molecule has 3 aromatic heterocycles. The summed E-state index contributed by atoms with van der Waals surface area (Å²) in [4.78, 5) is 47.5. The molecule has 2 amide bonds. The molecule has 3 N–H and O–H groups in total. The molecule has 13 heteroatoms. The number of benzene rings is 2. The summed E-state index contributed by atoms with van der Waals surface area (Å²) in [6.45, 7) is 9.12. The molecule has 0 aliphatic carbocycles. The van der Waals surface area contributed by atoms with Crippen molar-refractivity contribution < 1.29 is 19.1 Å². The van der Waals surface area contributed by atoms with E-state index in [0.29, 0.717) is 62.2 Å². The van der Waals surface area contributed by atoms with Crippen molar-refractivity contribution in [1.29, 1.82) is 0 Å². The van der Waals surface area contributed by atoms with E-state index in [4.69, 9.17) is 25.2 Å². The van der Waals surface area contributed by atoms with Crippen LogP contribution in [0.3, 0.4) is 0 Å². The third-order valence-corrected chi connectivity index (χ3v) is 8.87. The van der Waals surface area contributed by atoms with E-state index in [2.05, 4.69) is 34.0 Å². The SMILES string of the molecule is CCCOc1c(-c2ccc(CNC(=O)c3cn4cc(-c5cnc(N)nc5)nc(N5CCOCC5)c4n3)cc2)ccc2c1CC(C)N2C(C)=O. The summed E-state index contributed by atoms with van der Waals surface area (Å²) < 4.78 is 13.7. The van der Waals surface area contributed by atoms with Crippen LogP contribution in [-0.2, 0) is 22.5 Å². The minimum absolute atomic E-state index is 0.0303. The number of fused-ring (bicyclic) bond motifs is 2. The summed E-state index contributed by atoms with van der Waals surface area (Å²) in [6, 6.07) is 12.2. The van der Waals surface area contributed by atoms with Crippen LogP contribution >= 0.6 is 0 Å². The van der Waals surface area contributed by atoms with Crippen LogP contribution in [0.4, 0.5) is 17.5 Å². The Morgan fingerprint density at radius 1 is 1.02 bits per heavy atom. The molecular weight excluding hydrogens is 622 g/mol. The summed E-state index contributed by atoms with van der Waals surface area (Å²) in [5, 5.41) is 3.02. The van der Waals surface area contributed by atoms with Gasteiger partial charge in [0.15, 0.2) is 11.5 Å². The fourth-order valence-electron chi connectivity index (χ4n) is 6.50. The number of hydrogen-bond acceptors (Lipinski definition) is 10. The Labute approximate surface area is 284 Å². The van der Waals surface area contributed by atoms with Crippen molar-refractivity contribution >= 4 is 34.9 Å². The summed E-state index contributed by atoms with van der Waals surface area (Å²) in [5.41, 5.74) is 12.8. The average Bonchev–Trinajstić information content (AvgIpc) is 3.71. The van der Waals surface area contributed by atoms with E-state index in [1.807, 2.05) is 51.9 Å². The van der Waals surface area contributed by atoms with E-state index in [1.165, 1.54) is 0 Å². The largest absolute Gasteiger partial charge is 0.493 e. The molecule has 0 bridgehead atoms. The average molecular weight is 662 g/mol. The summed E-state index contributed by atoms with van der Waals surface area (Å²) >= 11 is 0. The predicted molar refractivity (Wildman–Crippen MR) is 187 cm³/mol. The van der Waals surface area contributed by atoms with Gasteiger partial charge < -0.3 is 34.7 Å². The molecule has 1 saturated heterocycles. The fourth-order valence-corrected chi connectivity index (χ4v) is 6.50. The quantitative estimate of drug-likeness (QED) is 0.234. The maximum absolute atomic E-state index is 13.4. The van der Waals surface area contributed by atoms with E-state index in [-0.39, 0.29) is 29.5 Å². The number of nitrogen functional groups attached to an aromatic ring is 1. The molecule has 49 heavy (non-hydrogen) atoms. The number of hydrogen-bond donors (Lipinski definition) is 2. The summed E-state index contributed by atoms with van der Waals surface area (Å²) in [5.74, 6) is 1.41. The smallest absolute Gasteiger partial charge is 0.271 e. The number of nitrogens with two attached hydrogens (primary N) is 1. The highest BCUT2D eigenvalue weighted by molar-refractivity contribution is 5.96. The number of carbonyl (C=O) groups is 2. The van der Waals surface area contributed by atoms with Crippen LogP contribution in [0.15, 0.2) is 61.2 Å². The zero-order chi connectivity index (χ0) is 34.1. The minimum Gasteiger partial charge on any atom is -0.493 e. The molecule has 0 spiro atoms. The first-order valence-electron chi connectivity index (χ1n) is 16.6. The van der Waals surface area contributed by atoms with Gasteiger partial charge in [0.25, 0.3) is 5.91 Å². The standard InChI is InChI=1S/C36H39N9O4/c1-4-13-49-32-27(9-10-31-28(32)16-22(2)45(31)23(3)46)25-7-5-24(6-8-25)17-38-35(47)30-21-44-20-29(26-18-39-36(37)40-19-26)41-33(34(44)42-30)43-11-14-48-15-12-43/h5-10,18-22H,4,11-17H2,1-3H3,(H,38,47)(H2,37,39,40). The van der Waals surface area contributed by atoms with Gasteiger partial charge in [-0.25, -0.2) is 19.9 Å². The molecule has 1 unspecified atom stereocenters. The van der Waals surface area contributed by atoms with Crippen molar-refractivity contribution in [3.05, 3.63) is 78.0 Å². The lowest BCUT2D eigenvalue weighted by atomic mass is 9.98. The van der Waals surface area contributed by atoms with Crippen LogP contribution < -0.4 is 25.6 Å². The van der Waals surface area contributed by atoms with E-state index >= 15 is 0 Å². The number of amides is 2. The minimum atomic E-state index is -0.295. The molecule has 5 heterocycles. The van der Waals surface area contributed by atoms with Gasteiger partial charge in [0.2, 0.25) is 11.9 Å². The molecule has 2 aliphatic heterocycles. The molecule has 252 valence electrons. The summed E-state index contributed by atoms with van der Waals surface area (Å²) in [7, 11) is 0. The van der Waals surface area contributed by atoms with Crippen molar-refractivity contribution in [3.63, 3.8) is 0 Å². The fraction of sp³-hybridized carbons (Fsp3) is 0.333. The van der Waals surface area contributed by atoms with E-state index in [1.54, 1.807) is 25.5 Å². The van der Waals surface area contributed by atoms with Gasteiger partial charge in [-0.05, 0) is 43.0 Å². The van der Waals surface area contributed by atoms with E-state index in [9.17, 15) is 9.59 Å². The van der Waals surface area contributed by atoms with Gasteiger partial charge in [0.05, 0.1) is 31.2 Å². The third kappa shape index (κ3) is 6.36. The van der Waals surface area contributed by atoms with Crippen molar-refractivity contribution in [2.45, 2.75) is 46.2 Å². The monoisotopic (exact) mass is 661 g/mol. The topological polar surface area (TPSA) is 153 Å². The van der Waals surface area contributed by atoms with Gasteiger partial charge in [0.1, 0.15) is 11.4 Å². The Hall–Kier alpha value is -5.56. The van der Waals surface area contributed by atoms with Crippen LogP contribution in [0.5, 0.6) is 5.75 Å². The number of ether oxygens (including phenoxy) is 2. The second kappa shape index (κ2) is 13.5. The van der Waals surface area contributed by atoms with Crippen LogP contribution in [0, 0.1) is 0 Å². The first-order valence-corrected chi connectivity index (χ1v) is 16.6. The van der Waals surface area contributed by atoms with Crippen LogP contribution in [0.1, 0.15) is 48.8 Å². The first-order chi connectivity index (χ1) is 23.8. The Morgan fingerprint density at radius 3 is 2.49 bits per heavy atom. The first kappa shape index (κ1) is 32.0.